The van der Waals surface area contributed by atoms with Crippen LogP contribution in [0.1, 0.15) is 13.3 Å². The highest BCUT2D eigenvalue weighted by atomic mass is 15.3. The molecule has 2 heteroatoms. The van der Waals surface area contributed by atoms with E-state index in [9.17, 15) is 0 Å². The van der Waals surface area contributed by atoms with Crippen LogP contribution in [0.5, 0.6) is 0 Å². The van der Waals surface area contributed by atoms with Crippen LogP contribution in [-0.2, 0) is 0 Å². The highest BCUT2D eigenvalue weighted by Gasteiger charge is 2.29. The van der Waals surface area contributed by atoms with Gasteiger partial charge in [0.2, 0.25) is 0 Å². The fourth-order valence-corrected chi connectivity index (χ4v) is 8.37. The summed E-state index contributed by atoms with van der Waals surface area (Å²) in [5.41, 5.74) is 14.1. The van der Waals surface area contributed by atoms with Crippen LogP contribution >= 0.6 is 0 Å². The number of rotatable bonds is 4. The zero-order valence-electron chi connectivity index (χ0n) is 26.2. The zero-order valence-corrected chi connectivity index (χ0v) is 26.2. The topological polar surface area (TPSA) is 15.3 Å². The Morgan fingerprint density at radius 1 is 0.468 bits per heavy atom. The Morgan fingerprint density at radius 3 is 1.68 bits per heavy atom. The van der Waals surface area contributed by atoms with Crippen molar-refractivity contribution >= 4 is 49.4 Å². The lowest BCUT2D eigenvalue weighted by Crippen LogP contribution is -2.30. The van der Waals surface area contributed by atoms with Crippen LogP contribution in [0.15, 0.2) is 152 Å². The molecule has 47 heavy (non-hydrogen) atoms. The molecule has 0 fully saturated rings. The Morgan fingerprint density at radius 2 is 1.00 bits per heavy atom. The summed E-state index contributed by atoms with van der Waals surface area (Å²) in [5, 5.41) is 11.5. The summed E-state index contributed by atoms with van der Waals surface area (Å²) in [4.78, 5) is 2.44. The van der Waals surface area contributed by atoms with Gasteiger partial charge in [0.25, 0.3) is 0 Å². The third-order valence-electron chi connectivity index (χ3n) is 10.4. The van der Waals surface area contributed by atoms with Crippen molar-refractivity contribution in [2.24, 2.45) is 0 Å². The van der Waals surface area contributed by atoms with Gasteiger partial charge in [-0.05, 0) is 108 Å². The lowest BCUT2D eigenvalue weighted by atomic mass is 9.84. The number of benzene rings is 8. The molecule has 1 aliphatic carbocycles. The van der Waals surface area contributed by atoms with Crippen LogP contribution in [0.2, 0.25) is 0 Å². The molecule has 1 heterocycles. The molecular weight excluding hydrogens is 569 g/mol. The summed E-state index contributed by atoms with van der Waals surface area (Å²) in [5.74, 6) is 0. The lowest BCUT2D eigenvalue weighted by molar-refractivity contribution is 0.728. The number of nitrogens with one attached hydrogen (secondary N) is 1. The van der Waals surface area contributed by atoms with Crippen LogP contribution in [0.4, 0.5) is 17.1 Å². The third-order valence-corrected chi connectivity index (χ3v) is 10.4. The fourth-order valence-electron chi connectivity index (χ4n) is 8.37. The zero-order chi connectivity index (χ0) is 31.1. The molecule has 0 bridgehead atoms. The summed E-state index contributed by atoms with van der Waals surface area (Å²) in [7, 11) is 0. The molecule has 1 N–H and O–H groups in total. The maximum absolute atomic E-state index is 3.70. The maximum atomic E-state index is 3.70. The molecule has 10 rings (SSSR count). The molecule has 1 atom stereocenters. The van der Waals surface area contributed by atoms with Gasteiger partial charge < -0.3 is 10.2 Å². The van der Waals surface area contributed by atoms with E-state index < -0.39 is 0 Å². The average molecular weight is 601 g/mol. The normalized spacial score (nSPS) is 14.5. The predicted molar refractivity (Wildman–Crippen MR) is 201 cm³/mol. The Bertz CT molecular complexity index is 2460. The molecule has 1 aliphatic heterocycles. The lowest BCUT2D eigenvalue weighted by Gasteiger charge is -2.26. The van der Waals surface area contributed by atoms with Crippen LogP contribution < -0.4 is 10.2 Å². The summed E-state index contributed by atoms with van der Waals surface area (Å²) in [6, 6.07) is 56.1. The van der Waals surface area contributed by atoms with Crippen LogP contribution in [0, 0.1) is 0 Å². The second-order valence-corrected chi connectivity index (χ2v) is 12.8. The van der Waals surface area contributed by atoms with Gasteiger partial charge in [-0.15, -0.1) is 0 Å². The van der Waals surface area contributed by atoms with Crippen molar-refractivity contribution in [1.82, 2.24) is 0 Å². The summed E-state index contributed by atoms with van der Waals surface area (Å²) < 4.78 is 0. The molecule has 0 saturated heterocycles. The van der Waals surface area contributed by atoms with Crippen LogP contribution in [0.25, 0.3) is 76.8 Å². The summed E-state index contributed by atoms with van der Waals surface area (Å²) in [6.45, 7) is 2.24. The van der Waals surface area contributed by atoms with Gasteiger partial charge in [-0.2, -0.15) is 0 Å². The molecule has 2 aliphatic rings. The fraction of sp³-hybridized carbons (Fsp3) is 0.0667. The molecule has 8 aromatic rings. The molecule has 8 aromatic carbocycles. The first-order valence-corrected chi connectivity index (χ1v) is 16.6. The highest BCUT2D eigenvalue weighted by molar-refractivity contribution is 6.26. The van der Waals surface area contributed by atoms with E-state index in [0.717, 1.165) is 6.42 Å². The first-order valence-electron chi connectivity index (χ1n) is 16.6. The Balaban J connectivity index is 1.19. The monoisotopic (exact) mass is 600 g/mol. The van der Waals surface area contributed by atoms with Gasteiger partial charge in [0.05, 0.1) is 11.4 Å². The van der Waals surface area contributed by atoms with Gasteiger partial charge in [0.1, 0.15) is 6.17 Å². The van der Waals surface area contributed by atoms with Crippen molar-refractivity contribution in [2.75, 3.05) is 10.2 Å². The van der Waals surface area contributed by atoms with Gasteiger partial charge in [0, 0.05) is 5.69 Å². The summed E-state index contributed by atoms with van der Waals surface area (Å²) in [6.07, 6.45) is 1.25. The van der Waals surface area contributed by atoms with Crippen molar-refractivity contribution in [3.8, 4) is 44.5 Å². The largest absolute Gasteiger partial charge is 0.363 e. The molecule has 0 amide bonds. The summed E-state index contributed by atoms with van der Waals surface area (Å²) >= 11 is 0. The number of fused-ring (bicyclic) bond motifs is 6. The van der Waals surface area contributed by atoms with E-state index in [1.165, 1.54) is 93.9 Å². The minimum Gasteiger partial charge on any atom is -0.363 e. The van der Waals surface area contributed by atoms with E-state index in [4.69, 9.17) is 0 Å². The predicted octanol–water partition coefficient (Wildman–Crippen LogP) is 12.4. The Labute approximate surface area is 274 Å². The van der Waals surface area contributed by atoms with E-state index in [1.807, 2.05) is 0 Å². The van der Waals surface area contributed by atoms with Gasteiger partial charge in [-0.3, -0.25) is 0 Å². The average Bonchev–Trinajstić information content (AvgIpc) is 3.68. The molecule has 1 unspecified atom stereocenters. The Kier molecular flexibility index (Phi) is 5.65. The first-order chi connectivity index (χ1) is 23.3. The molecule has 0 aromatic heterocycles. The van der Waals surface area contributed by atoms with E-state index in [2.05, 4.69) is 169 Å². The minimum atomic E-state index is 0.241. The molecule has 0 spiro atoms. The van der Waals surface area contributed by atoms with Crippen LogP contribution in [-0.4, -0.2) is 6.17 Å². The smallest absolute Gasteiger partial charge is 0.104 e. The quantitative estimate of drug-likeness (QED) is 0.202. The maximum Gasteiger partial charge on any atom is 0.104 e. The van der Waals surface area contributed by atoms with Crippen molar-refractivity contribution in [1.29, 1.82) is 0 Å². The molecule has 0 radical (unpaired) electrons. The first kappa shape index (κ1) is 26.4. The SMILES string of the molecule is CCC1Nc2ccccc2N1c1ccc(-c2c3ccccc3c(-c3ccc4c5c(cccc35)-c3ccccc3-4)c3ccccc23)cc1. The standard InChI is InChI=1S/C45H32N2/c1-2-42-46-40-20-9-10-21-41(40)47(42)29-24-22-28(23-25-29)43-33-14-5-7-16-35(33)45(36-17-8-6-15-34(36)43)39-27-26-38-31-13-4-3-12-30(31)32-18-11-19-37(39)44(32)38/h3-27,42,46H,2H2,1H3. The van der Waals surface area contributed by atoms with Crippen LogP contribution in [0.3, 0.4) is 0 Å². The highest BCUT2D eigenvalue weighted by Crippen LogP contribution is 2.52. The minimum absolute atomic E-state index is 0.241. The van der Waals surface area contributed by atoms with E-state index in [0.29, 0.717) is 0 Å². The third kappa shape index (κ3) is 3.73. The number of nitrogens with zero attached hydrogens (tertiary/aromatic N) is 1. The number of hydrogen-bond donors (Lipinski definition) is 1. The second-order valence-electron chi connectivity index (χ2n) is 12.8. The van der Waals surface area contributed by atoms with Crippen molar-refractivity contribution in [3.05, 3.63) is 152 Å². The molecule has 222 valence electrons. The number of para-hydroxylation sites is 2. The van der Waals surface area contributed by atoms with E-state index >= 15 is 0 Å². The molecular formula is C45H32N2. The molecule has 0 saturated carbocycles. The van der Waals surface area contributed by atoms with Gasteiger partial charge in [-0.25, -0.2) is 0 Å². The van der Waals surface area contributed by atoms with Crippen molar-refractivity contribution < 1.29 is 0 Å². The van der Waals surface area contributed by atoms with Gasteiger partial charge in [-0.1, -0.05) is 134 Å². The number of hydrogen-bond acceptors (Lipinski definition) is 2. The number of anilines is 3. The van der Waals surface area contributed by atoms with Crippen molar-refractivity contribution in [3.63, 3.8) is 0 Å². The van der Waals surface area contributed by atoms with E-state index in [-0.39, 0.29) is 6.17 Å². The second kappa shape index (κ2) is 10.1. The van der Waals surface area contributed by atoms with Gasteiger partial charge >= 0.3 is 0 Å². The molecule has 2 nitrogen and oxygen atoms in total. The van der Waals surface area contributed by atoms with E-state index in [1.54, 1.807) is 0 Å². The van der Waals surface area contributed by atoms with Gasteiger partial charge in [0.15, 0.2) is 0 Å². The van der Waals surface area contributed by atoms with Crippen molar-refractivity contribution in [2.45, 2.75) is 19.5 Å². The Hall–Kier alpha value is -5.86.